The average molecular weight is 317 g/mol. The van der Waals surface area contributed by atoms with Crippen molar-refractivity contribution in [2.24, 2.45) is 0 Å². The van der Waals surface area contributed by atoms with Crippen molar-refractivity contribution < 1.29 is 9.53 Å². The molecule has 0 unspecified atom stereocenters. The van der Waals surface area contributed by atoms with E-state index in [4.69, 9.17) is 4.74 Å². The summed E-state index contributed by atoms with van der Waals surface area (Å²) in [7, 11) is 0. The molecule has 5 heteroatoms. The molecule has 1 spiro atoms. The Balaban J connectivity index is 1.40. The molecular formula is C18H27N3O2. The van der Waals surface area contributed by atoms with Crippen LogP contribution in [0.1, 0.15) is 50.5 Å². The third-order valence-corrected chi connectivity index (χ3v) is 5.01. The van der Waals surface area contributed by atoms with Crippen molar-refractivity contribution in [3.05, 3.63) is 30.1 Å². The molecule has 0 aromatic carbocycles. The minimum absolute atomic E-state index is 0.0319. The number of nitrogens with one attached hydrogen (secondary N) is 2. The zero-order valence-electron chi connectivity index (χ0n) is 13.7. The van der Waals surface area contributed by atoms with Gasteiger partial charge in [0.15, 0.2) is 0 Å². The Morgan fingerprint density at radius 3 is 3.00 bits per heavy atom. The first-order valence-corrected chi connectivity index (χ1v) is 8.83. The van der Waals surface area contributed by atoms with Gasteiger partial charge in [0, 0.05) is 31.6 Å². The maximum absolute atomic E-state index is 12.1. The fraction of sp³-hybridized carbons (Fsp3) is 0.667. The predicted molar refractivity (Wildman–Crippen MR) is 89.3 cm³/mol. The van der Waals surface area contributed by atoms with Gasteiger partial charge >= 0.3 is 6.03 Å². The lowest BCUT2D eigenvalue weighted by atomic mass is 9.78. The third-order valence-electron chi connectivity index (χ3n) is 5.01. The van der Waals surface area contributed by atoms with Gasteiger partial charge in [-0.1, -0.05) is 25.3 Å². The van der Waals surface area contributed by atoms with Crippen LogP contribution in [0.4, 0.5) is 4.79 Å². The highest BCUT2D eigenvalue weighted by Crippen LogP contribution is 2.38. The second-order valence-corrected chi connectivity index (χ2v) is 6.79. The molecule has 1 aliphatic carbocycles. The van der Waals surface area contributed by atoms with E-state index in [-0.39, 0.29) is 17.7 Å². The van der Waals surface area contributed by atoms with E-state index < -0.39 is 0 Å². The number of hydrogen-bond donors (Lipinski definition) is 2. The van der Waals surface area contributed by atoms with Crippen LogP contribution in [0.3, 0.4) is 0 Å². The summed E-state index contributed by atoms with van der Waals surface area (Å²) in [5, 5.41) is 6.08. The molecule has 3 rings (SSSR count). The summed E-state index contributed by atoms with van der Waals surface area (Å²) in [5.41, 5.74) is 1.17. The first kappa shape index (κ1) is 16.2. The first-order chi connectivity index (χ1) is 11.3. The molecular weight excluding hydrogens is 290 g/mol. The molecule has 126 valence electrons. The Hall–Kier alpha value is -1.62. The van der Waals surface area contributed by atoms with E-state index in [9.17, 15) is 4.79 Å². The molecule has 0 bridgehead atoms. The van der Waals surface area contributed by atoms with E-state index in [1.54, 1.807) is 6.20 Å². The van der Waals surface area contributed by atoms with Crippen molar-refractivity contribution in [2.45, 2.75) is 63.0 Å². The molecule has 2 heterocycles. The van der Waals surface area contributed by atoms with Crippen LogP contribution in [0.25, 0.3) is 0 Å². The first-order valence-electron chi connectivity index (χ1n) is 8.83. The molecule has 2 amide bonds. The molecule has 1 aromatic heterocycles. The SMILES string of the molecule is O=C(NCCc1cccnc1)N[C@H]1CCOC2(CCCCC2)C1. The minimum Gasteiger partial charge on any atom is -0.375 e. The second kappa shape index (κ2) is 7.77. The lowest BCUT2D eigenvalue weighted by molar-refractivity contribution is -0.107. The van der Waals surface area contributed by atoms with E-state index in [1.807, 2.05) is 18.3 Å². The quantitative estimate of drug-likeness (QED) is 0.897. The van der Waals surface area contributed by atoms with Gasteiger partial charge in [-0.3, -0.25) is 4.98 Å². The Bertz CT molecular complexity index is 495. The van der Waals surface area contributed by atoms with Crippen LogP contribution in [-0.4, -0.2) is 35.8 Å². The topological polar surface area (TPSA) is 63.2 Å². The maximum atomic E-state index is 12.1. The van der Waals surface area contributed by atoms with Crippen molar-refractivity contribution >= 4 is 6.03 Å². The fourth-order valence-electron chi connectivity index (χ4n) is 3.80. The van der Waals surface area contributed by atoms with Gasteiger partial charge in [0.05, 0.1) is 5.60 Å². The van der Waals surface area contributed by atoms with Crippen LogP contribution < -0.4 is 10.6 Å². The summed E-state index contributed by atoms with van der Waals surface area (Å²) in [6.07, 6.45) is 12.4. The predicted octanol–water partition coefficient (Wildman–Crippen LogP) is 2.81. The average Bonchev–Trinajstić information content (AvgIpc) is 2.56. The van der Waals surface area contributed by atoms with E-state index >= 15 is 0 Å². The highest BCUT2D eigenvalue weighted by molar-refractivity contribution is 5.74. The maximum Gasteiger partial charge on any atom is 0.315 e. The van der Waals surface area contributed by atoms with Crippen molar-refractivity contribution in [3.8, 4) is 0 Å². The number of pyridine rings is 1. The molecule has 1 atom stereocenters. The van der Waals surface area contributed by atoms with Gasteiger partial charge in [-0.2, -0.15) is 0 Å². The summed E-state index contributed by atoms with van der Waals surface area (Å²) in [5.74, 6) is 0. The number of aromatic nitrogens is 1. The van der Waals surface area contributed by atoms with Gasteiger partial charge in [-0.25, -0.2) is 4.79 Å². The molecule has 1 aromatic rings. The van der Waals surface area contributed by atoms with Gasteiger partial charge in [-0.15, -0.1) is 0 Å². The molecule has 1 saturated heterocycles. The van der Waals surface area contributed by atoms with Crippen LogP contribution in [0.5, 0.6) is 0 Å². The number of carbonyl (C=O) groups excluding carboxylic acids is 1. The molecule has 1 saturated carbocycles. The molecule has 2 aliphatic rings. The second-order valence-electron chi connectivity index (χ2n) is 6.79. The Labute approximate surface area is 138 Å². The largest absolute Gasteiger partial charge is 0.375 e. The monoisotopic (exact) mass is 317 g/mol. The number of carbonyl (C=O) groups is 1. The number of urea groups is 1. The van der Waals surface area contributed by atoms with Crippen molar-refractivity contribution in [1.29, 1.82) is 0 Å². The van der Waals surface area contributed by atoms with Gasteiger partial charge in [0.2, 0.25) is 0 Å². The number of amides is 2. The van der Waals surface area contributed by atoms with Gasteiger partial charge < -0.3 is 15.4 Å². The summed E-state index contributed by atoms with van der Waals surface area (Å²) >= 11 is 0. The van der Waals surface area contributed by atoms with Gasteiger partial charge in [0.25, 0.3) is 0 Å². The highest BCUT2D eigenvalue weighted by atomic mass is 16.5. The van der Waals surface area contributed by atoms with Gasteiger partial charge in [0.1, 0.15) is 0 Å². The van der Waals surface area contributed by atoms with Crippen molar-refractivity contribution in [3.63, 3.8) is 0 Å². The summed E-state index contributed by atoms with van der Waals surface area (Å²) < 4.78 is 6.08. The Kier molecular flexibility index (Phi) is 5.49. The molecule has 23 heavy (non-hydrogen) atoms. The fourth-order valence-corrected chi connectivity index (χ4v) is 3.80. The summed E-state index contributed by atoms with van der Waals surface area (Å²) in [6.45, 7) is 1.40. The Morgan fingerprint density at radius 2 is 2.22 bits per heavy atom. The summed E-state index contributed by atoms with van der Waals surface area (Å²) in [4.78, 5) is 16.2. The lowest BCUT2D eigenvalue weighted by Crippen LogP contribution is -2.51. The van der Waals surface area contributed by atoms with Crippen LogP contribution in [0.15, 0.2) is 24.5 Å². The molecule has 0 radical (unpaired) electrons. The van der Waals surface area contributed by atoms with Gasteiger partial charge in [-0.05, 0) is 43.7 Å². The third kappa shape index (κ3) is 4.67. The normalized spacial score (nSPS) is 23.4. The van der Waals surface area contributed by atoms with E-state index in [2.05, 4.69) is 15.6 Å². The molecule has 2 N–H and O–H groups in total. The van der Waals surface area contributed by atoms with Crippen molar-refractivity contribution in [1.82, 2.24) is 15.6 Å². The van der Waals surface area contributed by atoms with Crippen LogP contribution in [0.2, 0.25) is 0 Å². The number of ether oxygens (including phenoxy) is 1. The zero-order valence-corrected chi connectivity index (χ0v) is 13.7. The smallest absolute Gasteiger partial charge is 0.315 e. The van der Waals surface area contributed by atoms with E-state index in [0.29, 0.717) is 6.54 Å². The highest BCUT2D eigenvalue weighted by Gasteiger charge is 2.38. The number of hydrogen-bond acceptors (Lipinski definition) is 3. The number of rotatable bonds is 4. The van der Waals surface area contributed by atoms with E-state index in [1.165, 1.54) is 19.3 Å². The van der Waals surface area contributed by atoms with Crippen LogP contribution in [0, 0.1) is 0 Å². The van der Waals surface area contributed by atoms with E-state index in [0.717, 1.165) is 44.3 Å². The van der Waals surface area contributed by atoms with Crippen molar-refractivity contribution in [2.75, 3.05) is 13.2 Å². The van der Waals surface area contributed by atoms with Crippen LogP contribution >= 0.6 is 0 Å². The Morgan fingerprint density at radius 1 is 1.35 bits per heavy atom. The standard InChI is InChI=1S/C18H27N3O2/c22-17(20-11-6-15-5-4-10-19-14-15)21-16-7-12-23-18(13-16)8-2-1-3-9-18/h4-5,10,14,16H,1-3,6-9,11-13H2,(H2,20,21,22)/t16-/m0/s1. The molecule has 1 aliphatic heterocycles. The van der Waals surface area contributed by atoms with Crippen LogP contribution in [-0.2, 0) is 11.2 Å². The molecule has 5 nitrogen and oxygen atoms in total. The lowest BCUT2D eigenvalue weighted by Gasteiger charge is -2.43. The molecule has 2 fully saturated rings. The zero-order chi connectivity index (χ0) is 16.0. The summed E-state index contributed by atoms with van der Waals surface area (Å²) in [6, 6.07) is 4.12. The minimum atomic E-state index is -0.0632. The number of nitrogens with zero attached hydrogens (tertiary/aromatic N) is 1.